The van der Waals surface area contributed by atoms with Crippen molar-refractivity contribution in [1.29, 1.82) is 0 Å². The van der Waals surface area contributed by atoms with E-state index in [-0.39, 0.29) is 18.2 Å². The van der Waals surface area contributed by atoms with Crippen molar-refractivity contribution < 1.29 is 23.8 Å². The van der Waals surface area contributed by atoms with Gasteiger partial charge in [0.25, 0.3) is 0 Å². The van der Waals surface area contributed by atoms with Gasteiger partial charge in [-0.05, 0) is 6.92 Å². The zero-order chi connectivity index (χ0) is 15.7. The van der Waals surface area contributed by atoms with E-state index in [9.17, 15) is 9.59 Å². The molecule has 0 aliphatic carbocycles. The Morgan fingerprint density at radius 1 is 1.33 bits per heavy atom. The summed E-state index contributed by atoms with van der Waals surface area (Å²) in [5, 5.41) is 2.29. The van der Waals surface area contributed by atoms with Crippen LogP contribution in [0.25, 0.3) is 0 Å². The van der Waals surface area contributed by atoms with Crippen LogP contribution in [0.3, 0.4) is 0 Å². The monoisotopic (exact) mass is 316 g/mol. The first-order chi connectivity index (χ1) is 10.1. The molecule has 0 unspecified atom stereocenters. The summed E-state index contributed by atoms with van der Waals surface area (Å²) in [6, 6.07) is 0. The predicted molar refractivity (Wildman–Crippen MR) is 77.2 cm³/mol. The van der Waals surface area contributed by atoms with Crippen molar-refractivity contribution in [3.8, 4) is 0 Å². The second-order valence-electron chi connectivity index (χ2n) is 4.09. The van der Waals surface area contributed by atoms with E-state index in [0.717, 1.165) is 0 Å². The number of aromatic nitrogens is 1. The van der Waals surface area contributed by atoms with Gasteiger partial charge in [-0.15, -0.1) is 11.3 Å². The van der Waals surface area contributed by atoms with Crippen molar-refractivity contribution in [1.82, 2.24) is 9.88 Å². The molecule has 0 saturated heterocycles. The van der Waals surface area contributed by atoms with Crippen LogP contribution in [0, 0.1) is 0 Å². The summed E-state index contributed by atoms with van der Waals surface area (Å²) in [7, 11) is 3.04. The maximum Gasteiger partial charge on any atom is 0.357 e. The Labute approximate surface area is 127 Å². The molecule has 0 atom stereocenters. The van der Waals surface area contributed by atoms with E-state index < -0.39 is 5.97 Å². The zero-order valence-electron chi connectivity index (χ0n) is 12.5. The number of esters is 1. The molecule has 118 valence electrons. The van der Waals surface area contributed by atoms with Gasteiger partial charge in [0.2, 0.25) is 5.91 Å². The Hall–Kier alpha value is -1.51. The van der Waals surface area contributed by atoms with Gasteiger partial charge in [-0.1, -0.05) is 0 Å². The maximum absolute atomic E-state index is 11.9. The largest absolute Gasteiger partial charge is 0.461 e. The highest BCUT2D eigenvalue weighted by molar-refractivity contribution is 7.09. The lowest BCUT2D eigenvalue weighted by molar-refractivity contribution is -0.136. The average molecular weight is 316 g/mol. The van der Waals surface area contributed by atoms with Crippen molar-refractivity contribution in [2.75, 3.05) is 40.6 Å². The third kappa shape index (κ3) is 5.78. The molecule has 1 amide bonds. The van der Waals surface area contributed by atoms with Gasteiger partial charge in [0.1, 0.15) is 11.6 Å². The number of carbonyl (C=O) groups is 2. The van der Waals surface area contributed by atoms with Gasteiger partial charge in [-0.25, -0.2) is 9.78 Å². The van der Waals surface area contributed by atoms with Gasteiger partial charge in [0.05, 0.1) is 19.8 Å². The zero-order valence-corrected chi connectivity index (χ0v) is 13.3. The molecular weight excluding hydrogens is 296 g/mol. The fourth-order valence-electron chi connectivity index (χ4n) is 1.55. The molecule has 0 radical (unpaired) electrons. The SMILES string of the molecule is CCOC(=O)c1csc(CN(CCOC)C(=O)COC)n1. The van der Waals surface area contributed by atoms with Crippen LogP contribution in [0.15, 0.2) is 5.38 Å². The van der Waals surface area contributed by atoms with Crippen LogP contribution in [-0.2, 0) is 25.5 Å². The molecule has 0 aromatic carbocycles. The minimum atomic E-state index is -0.452. The number of hydrogen-bond donors (Lipinski definition) is 0. The topological polar surface area (TPSA) is 78.0 Å². The van der Waals surface area contributed by atoms with Crippen molar-refractivity contribution in [2.24, 2.45) is 0 Å². The quantitative estimate of drug-likeness (QED) is 0.631. The minimum absolute atomic E-state index is 0.000176. The van der Waals surface area contributed by atoms with Crippen LogP contribution < -0.4 is 0 Å². The number of carbonyl (C=O) groups excluding carboxylic acids is 2. The highest BCUT2D eigenvalue weighted by Crippen LogP contribution is 2.13. The Balaban J connectivity index is 2.69. The fraction of sp³-hybridized carbons (Fsp3) is 0.615. The molecule has 21 heavy (non-hydrogen) atoms. The molecule has 0 N–H and O–H groups in total. The molecule has 0 aliphatic rings. The van der Waals surface area contributed by atoms with Crippen LogP contribution in [-0.4, -0.2) is 62.3 Å². The predicted octanol–water partition coefficient (Wildman–Crippen LogP) is 0.941. The molecule has 7 nitrogen and oxygen atoms in total. The van der Waals surface area contributed by atoms with Crippen LogP contribution in [0.4, 0.5) is 0 Å². The molecular formula is C13H20N2O5S. The van der Waals surface area contributed by atoms with Gasteiger partial charge in [-0.2, -0.15) is 0 Å². The minimum Gasteiger partial charge on any atom is -0.461 e. The van der Waals surface area contributed by atoms with Gasteiger partial charge >= 0.3 is 5.97 Å². The van der Waals surface area contributed by atoms with E-state index in [1.807, 2.05) is 0 Å². The van der Waals surface area contributed by atoms with Crippen LogP contribution in [0.2, 0.25) is 0 Å². The molecule has 1 aromatic rings. The highest BCUT2D eigenvalue weighted by Gasteiger charge is 2.17. The third-order valence-corrected chi connectivity index (χ3v) is 3.38. The summed E-state index contributed by atoms with van der Waals surface area (Å²) in [5.41, 5.74) is 0.266. The molecule has 1 rings (SSSR count). The number of thiazole rings is 1. The lowest BCUT2D eigenvalue weighted by Crippen LogP contribution is -2.35. The number of amides is 1. The van der Waals surface area contributed by atoms with E-state index in [1.54, 1.807) is 24.3 Å². The molecule has 8 heteroatoms. The highest BCUT2D eigenvalue weighted by atomic mass is 32.1. The summed E-state index contributed by atoms with van der Waals surface area (Å²) in [6.07, 6.45) is 0. The Morgan fingerprint density at radius 2 is 2.10 bits per heavy atom. The van der Waals surface area contributed by atoms with Gasteiger partial charge in [0.15, 0.2) is 5.69 Å². The Morgan fingerprint density at radius 3 is 2.71 bits per heavy atom. The summed E-state index contributed by atoms with van der Waals surface area (Å²) in [6.45, 7) is 3.22. The summed E-state index contributed by atoms with van der Waals surface area (Å²) in [4.78, 5) is 29.3. The van der Waals surface area contributed by atoms with Crippen molar-refractivity contribution >= 4 is 23.2 Å². The van der Waals surface area contributed by atoms with Crippen molar-refractivity contribution in [3.05, 3.63) is 16.1 Å². The first kappa shape index (κ1) is 17.5. The van der Waals surface area contributed by atoms with Crippen LogP contribution in [0.1, 0.15) is 22.4 Å². The first-order valence-corrected chi connectivity index (χ1v) is 7.37. The summed E-state index contributed by atoms with van der Waals surface area (Å²) in [5.74, 6) is -0.603. The Bertz CT molecular complexity index is 463. The second kappa shape index (κ2) is 9.43. The number of methoxy groups -OCH3 is 2. The normalized spacial score (nSPS) is 10.4. The van der Waals surface area contributed by atoms with E-state index in [1.165, 1.54) is 18.4 Å². The number of hydrogen-bond acceptors (Lipinski definition) is 7. The van der Waals surface area contributed by atoms with Crippen molar-refractivity contribution in [2.45, 2.75) is 13.5 Å². The Kier molecular flexibility index (Phi) is 7.88. The van der Waals surface area contributed by atoms with E-state index in [0.29, 0.717) is 31.3 Å². The number of rotatable bonds is 9. The number of nitrogens with zero attached hydrogens (tertiary/aromatic N) is 2. The smallest absolute Gasteiger partial charge is 0.357 e. The van der Waals surface area contributed by atoms with E-state index in [2.05, 4.69) is 4.98 Å². The van der Waals surface area contributed by atoms with Crippen LogP contribution in [0.5, 0.6) is 0 Å². The molecule has 1 heterocycles. The lowest BCUT2D eigenvalue weighted by Gasteiger charge is -2.20. The first-order valence-electron chi connectivity index (χ1n) is 6.49. The molecule has 0 fully saturated rings. The molecule has 0 saturated carbocycles. The average Bonchev–Trinajstić information content (AvgIpc) is 2.92. The van der Waals surface area contributed by atoms with E-state index in [4.69, 9.17) is 14.2 Å². The second-order valence-corrected chi connectivity index (χ2v) is 5.03. The van der Waals surface area contributed by atoms with Crippen LogP contribution >= 0.6 is 11.3 Å². The molecule has 0 aliphatic heterocycles. The van der Waals surface area contributed by atoms with Gasteiger partial charge < -0.3 is 19.1 Å². The fourth-order valence-corrected chi connectivity index (χ4v) is 2.33. The van der Waals surface area contributed by atoms with Crippen molar-refractivity contribution in [3.63, 3.8) is 0 Å². The maximum atomic E-state index is 11.9. The summed E-state index contributed by atoms with van der Waals surface area (Å²) >= 11 is 1.31. The van der Waals surface area contributed by atoms with Gasteiger partial charge in [-0.3, -0.25) is 4.79 Å². The molecule has 0 spiro atoms. The number of ether oxygens (including phenoxy) is 3. The standard InChI is InChI=1S/C13H20N2O5S/c1-4-20-13(17)10-9-21-11(14-10)7-15(5-6-18-2)12(16)8-19-3/h9H,4-8H2,1-3H3. The molecule has 1 aromatic heterocycles. The van der Waals surface area contributed by atoms with E-state index >= 15 is 0 Å². The molecule has 0 bridgehead atoms. The lowest BCUT2D eigenvalue weighted by atomic mass is 10.4. The third-order valence-electron chi connectivity index (χ3n) is 2.55. The summed E-state index contributed by atoms with van der Waals surface area (Å²) < 4.78 is 14.7. The van der Waals surface area contributed by atoms with Gasteiger partial charge in [0, 0.05) is 26.1 Å².